The quantitative estimate of drug-likeness (QED) is 0.855. The Hall–Kier alpha value is -1.46. The fraction of sp³-hybridized carbons (Fsp3) is 0.600. The number of carbonyl (C=O) groups is 1. The highest BCUT2D eigenvalue weighted by molar-refractivity contribution is 5.75. The Kier molecular flexibility index (Phi) is 2.65. The molecule has 88 valence electrons. The first-order valence-corrected chi connectivity index (χ1v) is 5.15. The zero-order valence-electron chi connectivity index (χ0n) is 8.62. The number of fused-ring (bicyclic) bond motifs is 1. The summed E-state index contributed by atoms with van der Waals surface area (Å²) >= 11 is 0. The number of hydrogen-bond acceptors (Lipinski definition) is 2. The van der Waals surface area contributed by atoms with Gasteiger partial charge in [0.2, 0.25) is 0 Å². The van der Waals surface area contributed by atoms with E-state index in [1.165, 1.54) is 6.20 Å². The van der Waals surface area contributed by atoms with Crippen LogP contribution in [0.3, 0.4) is 0 Å². The van der Waals surface area contributed by atoms with Gasteiger partial charge in [-0.3, -0.25) is 0 Å². The van der Waals surface area contributed by atoms with Crippen molar-refractivity contribution in [2.24, 2.45) is 0 Å². The van der Waals surface area contributed by atoms with Crippen LogP contribution in [0.25, 0.3) is 0 Å². The number of aliphatic carboxylic acids is 1. The molecule has 0 saturated heterocycles. The van der Waals surface area contributed by atoms with E-state index in [1.54, 1.807) is 0 Å². The Labute approximate surface area is 90.9 Å². The summed E-state index contributed by atoms with van der Waals surface area (Å²) in [6.07, 6.45) is 3.50. The van der Waals surface area contributed by atoms with E-state index in [9.17, 15) is 13.6 Å². The molecule has 0 atom stereocenters. The minimum atomic E-state index is -3.73. The lowest BCUT2D eigenvalue weighted by Crippen LogP contribution is -2.30. The van der Waals surface area contributed by atoms with Crippen molar-refractivity contribution in [2.45, 2.75) is 38.2 Å². The SMILES string of the molecule is O=C(O)C(F)(F)Cc1cn2c(n1)CCCC2. The van der Waals surface area contributed by atoms with Crippen LogP contribution in [0.1, 0.15) is 24.4 Å². The van der Waals surface area contributed by atoms with E-state index in [0.717, 1.165) is 31.6 Å². The number of imidazole rings is 1. The van der Waals surface area contributed by atoms with Crippen LogP contribution < -0.4 is 0 Å². The maximum Gasteiger partial charge on any atom is 0.374 e. The molecule has 0 bridgehead atoms. The van der Waals surface area contributed by atoms with Gasteiger partial charge in [-0.2, -0.15) is 8.78 Å². The smallest absolute Gasteiger partial charge is 0.374 e. The molecular formula is C10H12F2N2O2. The fourth-order valence-corrected chi connectivity index (χ4v) is 1.86. The minimum Gasteiger partial charge on any atom is -0.477 e. The molecule has 0 aromatic carbocycles. The molecule has 0 unspecified atom stereocenters. The van der Waals surface area contributed by atoms with Gasteiger partial charge < -0.3 is 9.67 Å². The average molecular weight is 230 g/mol. The summed E-state index contributed by atoms with van der Waals surface area (Å²) in [5, 5.41) is 8.32. The Morgan fingerprint density at radius 3 is 2.94 bits per heavy atom. The first-order valence-electron chi connectivity index (χ1n) is 5.15. The zero-order valence-corrected chi connectivity index (χ0v) is 8.62. The third-order valence-electron chi connectivity index (χ3n) is 2.67. The molecule has 1 aliphatic rings. The normalized spacial score (nSPS) is 15.9. The van der Waals surface area contributed by atoms with Crippen molar-refractivity contribution in [3.63, 3.8) is 0 Å². The molecule has 2 heterocycles. The Morgan fingerprint density at radius 2 is 2.31 bits per heavy atom. The van der Waals surface area contributed by atoms with Gasteiger partial charge in [-0.1, -0.05) is 0 Å². The van der Waals surface area contributed by atoms with Crippen LogP contribution in [0.15, 0.2) is 6.20 Å². The summed E-state index contributed by atoms with van der Waals surface area (Å²) < 4.78 is 27.7. The number of halogens is 2. The molecule has 0 saturated carbocycles. The Morgan fingerprint density at radius 1 is 1.56 bits per heavy atom. The molecule has 2 rings (SSSR count). The monoisotopic (exact) mass is 230 g/mol. The third kappa shape index (κ3) is 2.05. The number of rotatable bonds is 3. The first-order chi connectivity index (χ1) is 7.49. The molecule has 0 aliphatic carbocycles. The van der Waals surface area contributed by atoms with Gasteiger partial charge in [0.1, 0.15) is 5.82 Å². The highest BCUT2D eigenvalue weighted by atomic mass is 19.3. The van der Waals surface area contributed by atoms with Gasteiger partial charge in [-0.25, -0.2) is 9.78 Å². The summed E-state index contributed by atoms with van der Waals surface area (Å²) in [5.41, 5.74) is 0.157. The van der Waals surface area contributed by atoms with Gasteiger partial charge in [0.25, 0.3) is 0 Å². The van der Waals surface area contributed by atoms with Crippen LogP contribution in [-0.4, -0.2) is 26.5 Å². The van der Waals surface area contributed by atoms with E-state index in [0.29, 0.717) is 0 Å². The number of hydrogen-bond donors (Lipinski definition) is 1. The van der Waals surface area contributed by atoms with Gasteiger partial charge in [-0.15, -0.1) is 0 Å². The van der Waals surface area contributed by atoms with Crippen LogP contribution in [0, 0.1) is 0 Å². The molecule has 4 nitrogen and oxygen atoms in total. The maximum absolute atomic E-state index is 12.9. The lowest BCUT2D eigenvalue weighted by atomic mass is 10.2. The molecule has 0 amide bonds. The van der Waals surface area contributed by atoms with Crippen molar-refractivity contribution >= 4 is 5.97 Å². The van der Waals surface area contributed by atoms with Gasteiger partial charge >= 0.3 is 11.9 Å². The zero-order chi connectivity index (χ0) is 11.8. The fourth-order valence-electron chi connectivity index (χ4n) is 1.86. The van der Waals surface area contributed by atoms with Crippen molar-refractivity contribution in [1.29, 1.82) is 0 Å². The largest absolute Gasteiger partial charge is 0.477 e. The second kappa shape index (κ2) is 3.84. The molecule has 1 aromatic rings. The summed E-state index contributed by atoms with van der Waals surface area (Å²) in [7, 11) is 0. The molecule has 1 N–H and O–H groups in total. The van der Waals surface area contributed by atoms with E-state index < -0.39 is 18.3 Å². The van der Waals surface area contributed by atoms with Crippen molar-refractivity contribution in [2.75, 3.05) is 0 Å². The van der Waals surface area contributed by atoms with Crippen molar-refractivity contribution in [1.82, 2.24) is 9.55 Å². The minimum absolute atomic E-state index is 0.157. The lowest BCUT2D eigenvalue weighted by Gasteiger charge is -2.11. The molecule has 0 spiro atoms. The molecule has 1 aromatic heterocycles. The van der Waals surface area contributed by atoms with E-state index in [1.807, 2.05) is 4.57 Å². The molecule has 0 radical (unpaired) electrons. The molecule has 6 heteroatoms. The predicted molar refractivity (Wildman–Crippen MR) is 51.5 cm³/mol. The van der Waals surface area contributed by atoms with Crippen molar-refractivity contribution < 1.29 is 18.7 Å². The first kappa shape index (κ1) is 11.0. The second-order valence-corrected chi connectivity index (χ2v) is 3.99. The topological polar surface area (TPSA) is 55.1 Å². The molecule has 16 heavy (non-hydrogen) atoms. The van der Waals surface area contributed by atoms with Crippen LogP contribution in [-0.2, 0) is 24.2 Å². The standard InChI is InChI=1S/C10H12F2N2O2/c11-10(12,9(15)16)5-7-6-14-4-2-1-3-8(14)13-7/h6H,1-5H2,(H,15,16). The second-order valence-electron chi connectivity index (χ2n) is 3.99. The van der Waals surface area contributed by atoms with Gasteiger partial charge in [0.15, 0.2) is 0 Å². The maximum atomic E-state index is 12.9. The van der Waals surface area contributed by atoms with Crippen LogP contribution >= 0.6 is 0 Å². The number of carboxylic acid groups (broad SMARTS) is 1. The highest BCUT2D eigenvalue weighted by Crippen LogP contribution is 2.22. The van der Waals surface area contributed by atoms with Crippen LogP contribution in [0.2, 0.25) is 0 Å². The van der Waals surface area contributed by atoms with Crippen molar-refractivity contribution in [3.8, 4) is 0 Å². The number of alkyl halides is 2. The van der Waals surface area contributed by atoms with Gasteiger partial charge in [-0.05, 0) is 12.8 Å². The predicted octanol–water partition coefficient (Wildman–Crippen LogP) is 1.48. The summed E-state index contributed by atoms with van der Waals surface area (Å²) in [5.74, 6) is -5.05. The molecule has 0 fully saturated rings. The molecule has 1 aliphatic heterocycles. The number of aryl methyl sites for hydroxylation is 2. The van der Waals surface area contributed by atoms with E-state index >= 15 is 0 Å². The number of carboxylic acids is 1. The van der Waals surface area contributed by atoms with Gasteiger partial charge in [0.05, 0.1) is 12.1 Å². The Balaban J connectivity index is 2.16. The highest BCUT2D eigenvalue weighted by Gasteiger charge is 2.39. The van der Waals surface area contributed by atoms with Crippen molar-refractivity contribution in [3.05, 3.63) is 17.7 Å². The lowest BCUT2D eigenvalue weighted by molar-refractivity contribution is -0.164. The summed E-state index contributed by atoms with van der Waals surface area (Å²) in [6, 6.07) is 0. The number of aromatic nitrogens is 2. The van der Waals surface area contributed by atoms with Crippen LogP contribution in [0.5, 0.6) is 0 Å². The third-order valence-corrected chi connectivity index (χ3v) is 2.67. The number of nitrogens with zero attached hydrogens (tertiary/aromatic N) is 2. The van der Waals surface area contributed by atoms with Crippen LogP contribution in [0.4, 0.5) is 8.78 Å². The summed E-state index contributed by atoms with van der Waals surface area (Å²) in [4.78, 5) is 14.3. The Bertz CT molecular complexity index is 391. The van der Waals surface area contributed by atoms with E-state index in [-0.39, 0.29) is 5.69 Å². The van der Waals surface area contributed by atoms with Gasteiger partial charge in [0, 0.05) is 19.2 Å². The average Bonchev–Trinajstić information content (AvgIpc) is 2.58. The van der Waals surface area contributed by atoms with E-state index in [2.05, 4.69) is 4.98 Å². The van der Waals surface area contributed by atoms with E-state index in [4.69, 9.17) is 5.11 Å². The summed E-state index contributed by atoms with van der Waals surface area (Å²) in [6.45, 7) is 0.779. The molecular weight excluding hydrogens is 218 g/mol.